The average molecular weight is 295 g/mol. The summed E-state index contributed by atoms with van der Waals surface area (Å²) in [4.78, 5) is 0. The molecule has 0 radical (unpaired) electrons. The first-order chi connectivity index (χ1) is 9.39. The number of nitrogens with one attached hydrogen (secondary N) is 1. The quantitative estimate of drug-likeness (QED) is 0.814. The lowest BCUT2D eigenvalue weighted by atomic mass is 9.92. The van der Waals surface area contributed by atoms with E-state index in [-0.39, 0.29) is 11.5 Å². The van der Waals surface area contributed by atoms with Crippen LogP contribution < -0.4 is 10.1 Å². The van der Waals surface area contributed by atoms with Crippen molar-refractivity contribution >= 4 is 11.6 Å². The van der Waals surface area contributed by atoms with Crippen molar-refractivity contribution in [3.63, 3.8) is 0 Å². The number of rotatable bonds is 7. The number of hydrogen-bond acceptors (Lipinski definition) is 3. The van der Waals surface area contributed by atoms with Crippen molar-refractivity contribution in [1.82, 2.24) is 5.32 Å². The third-order valence-electron chi connectivity index (χ3n) is 3.25. The highest BCUT2D eigenvalue weighted by Crippen LogP contribution is 2.29. The monoisotopic (exact) mass is 294 g/mol. The zero-order valence-corrected chi connectivity index (χ0v) is 13.4. The molecule has 0 saturated heterocycles. The van der Waals surface area contributed by atoms with E-state index >= 15 is 0 Å². The van der Waals surface area contributed by atoms with Gasteiger partial charge in [0.05, 0.1) is 23.1 Å². The second kappa shape index (κ2) is 7.52. The Morgan fingerprint density at radius 2 is 2.15 bits per heavy atom. The molecule has 1 atom stereocenters. The fraction of sp³-hybridized carbons (Fsp3) is 0.562. The van der Waals surface area contributed by atoms with E-state index in [0.717, 1.165) is 12.1 Å². The third-order valence-corrected chi connectivity index (χ3v) is 3.55. The van der Waals surface area contributed by atoms with Gasteiger partial charge in [-0.05, 0) is 51.4 Å². The molecule has 1 N–H and O–H groups in total. The standard InChI is InChI=1S/C16H23ClN2O/c1-5-19-12(2)13-6-7-15(14(17)10-13)20-9-8-16(3,4)11-18/h6-7,10,12,19H,5,8-9H2,1-4H3. The second-order valence-electron chi connectivity index (χ2n) is 5.56. The van der Waals surface area contributed by atoms with Gasteiger partial charge in [0, 0.05) is 6.04 Å². The van der Waals surface area contributed by atoms with Crippen LogP contribution in [0.1, 0.15) is 45.7 Å². The number of benzene rings is 1. The van der Waals surface area contributed by atoms with Crippen LogP contribution in [0.15, 0.2) is 18.2 Å². The zero-order valence-electron chi connectivity index (χ0n) is 12.7. The maximum atomic E-state index is 8.96. The summed E-state index contributed by atoms with van der Waals surface area (Å²) in [7, 11) is 0. The maximum absolute atomic E-state index is 8.96. The van der Waals surface area contributed by atoms with Gasteiger partial charge in [-0.1, -0.05) is 24.6 Å². The topological polar surface area (TPSA) is 45.0 Å². The molecule has 0 aliphatic carbocycles. The molecule has 0 spiro atoms. The van der Waals surface area contributed by atoms with E-state index < -0.39 is 0 Å². The predicted molar refractivity (Wildman–Crippen MR) is 83.0 cm³/mol. The van der Waals surface area contributed by atoms with Gasteiger partial charge in [-0.3, -0.25) is 0 Å². The van der Waals surface area contributed by atoms with Gasteiger partial charge in [0.1, 0.15) is 5.75 Å². The van der Waals surface area contributed by atoms with Gasteiger partial charge in [0.2, 0.25) is 0 Å². The van der Waals surface area contributed by atoms with E-state index in [1.54, 1.807) is 0 Å². The first kappa shape index (κ1) is 16.8. The van der Waals surface area contributed by atoms with Crippen molar-refractivity contribution in [2.75, 3.05) is 13.2 Å². The molecule has 20 heavy (non-hydrogen) atoms. The van der Waals surface area contributed by atoms with Crippen LogP contribution in [0.4, 0.5) is 0 Å². The van der Waals surface area contributed by atoms with Gasteiger partial charge in [0.15, 0.2) is 0 Å². The molecule has 0 amide bonds. The van der Waals surface area contributed by atoms with Crippen LogP contribution in [-0.2, 0) is 0 Å². The van der Waals surface area contributed by atoms with Gasteiger partial charge in [0.25, 0.3) is 0 Å². The van der Waals surface area contributed by atoms with Crippen LogP contribution in [0, 0.1) is 16.7 Å². The zero-order chi connectivity index (χ0) is 15.2. The highest BCUT2D eigenvalue weighted by Gasteiger charge is 2.17. The SMILES string of the molecule is CCNC(C)c1ccc(OCCC(C)(C)C#N)c(Cl)c1. The van der Waals surface area contributed by atoms with Crippen LogP contribution in [0.2, 0.25) is 5.02 Å². The molecule has 0 saturated carbocycles. The lowest BCUT2D eigenvalue weighted by Gasteiger charge is -2.17. The molecule has 0 aromatic heterocycles. The molecule has 0 fully saturated rings. The van der Waals surface area contributed by atoms with Crippen molar-refractivity contribution in [3.05, 3.63) is 28.8 Å². The Labute approximate surface area is 126 Å². The Morgan fingerprint density at radius 3 is 2.70 bits per heavy atom. The molecule has 0 aliphatic heterocycles. The van der Waals surface area contributed by atoms with Crippen molar-refractivity contribution in [2.24, 2.45) is 5.41 Å². The number of hydrogen-bond donors (Lipinski definition) is 1. The summed E-state index contributed by atoms with van der Waals surface area (Å²) in [5.41, 5.74) is 0.771. The van der Waals surface area contributed by atoms with Gasteiger partial charge < -0.3 is 10.1 Å². The molecule has 110 valence electrons. The number of ether oxygens (including phenoxy) is 1. The fourth-order valence-electron chi connectivity index (χ4n) is 1.80. The summed E-state index contributed by atoms with van der Waals surface area (Å²) in [6, 6.07) is 8.37. The molecule has 0 aliphatic rings. The second-order valence-corrected chi connectivity index (χ2v) is 5.97. The van der Waals surface area contributed by atoms with E-state index in [9.17, 15) is 0 Å². The molecule has 1 aromatic carbocycles. The van der Waals surface area contributed by atoms with E-state index in [1.165, 1.54) is 0 Å². The summed E-state index contributed by atoms with van der Waals surface area (Å²) in [6.07, 6.45) is 0.676. The van der Waals surface area contributed by atoms with E-state index in [1.807, 2.05) is 32.0 Å². The van der Waals surface area contributed by atoms with Crippen molar-refractivity contribution in [3.8, 4) is 11.8 Å². The lowest BCUT2D eigenvalue weighted by molar-refractivity contribution is 0.264. The summed E-state index contributed by atoms with van der Waals surface area (Å²) >= 11 is 6.24. The van der Waals surface area contributed by atoms with Crippen LogP contribution in [0.25, 0.3) is 0 Å². The average Bonchev–Trinajstić information content (AvgIpc) is 2.40. The molecular weight excluding hydrogens is 272 g/mol. The minimum Gasteiger partial charge on any atom is -0.492 e. The van der Waals surface area contributed by atoms with E-state index in [4.69, 9.17) is 21.6 Å². The van der Waals surface area contributed by atoms with Crippen LogP contribution in [0.3, 0.4) is 0 Å². The first-order valence-electron chi connectivity index (χ1n) is 6.96. The summed E-state index contributed by atoms with van der Waals surface area (Å²) in [5, 5.41) is 12.9. The minimum atomic E-state index is -0.369. The molecule has 1 unspecified atom stereocenters. The number of halogens is 1. The molecule has 0 bridgehead atoms. The molecule has 1 aromatic rings. The Balaban J connectivity index is 2.63. The van der Waals surface area contributed by atoms with E-state index in [2.05, 4.69) is 25.2 Å². The van der Waals surface area contributed by atoms with Crippen LogP contribution in [-0.4, -0.2) is 13.2 Å². The summed E-state index contributed by atoms with van der Waals surface area (Å²) < 4.78 is 5.67. The van der Waals surface area contributed by atoms with Crippen molar-refractivity contribution in [2.45, 2.75) is 40.2 Å². The molecule has 1 rings (SSSR count). The first-order valence-corrected chi connectivity index (χ1v) is 7.34. The van der Waals surface area contributed by atoms with Crippen LogP contribution >= 0.6 is 11.6 Å². The molecule has 3 nitrogen and oxygen atoms in total. The third kappa shape index (κ3) is 5.03. The smallest absolute Gasteiger partial charge is 0.137 e. The van der Waals surface area contributed by atoms with Gasteiger partial charge >= 0.3 is 0 Å². The summed E-state index contributed by atoms with van der Waals surface area (Å²) in [5.74, 6) is 0.674. The predicted octanol–water partition coefficient (Wildman–Crippen LogP) is 4.33. The Morgan fingerprint density at radius 1 is 1.45 bits per heavy atom. The Kier molecular flexibility index (Phi) is 6.32. The van der Waals surface area contributed by atoms with Gasteiger partial charge in [-0.15, -0.1) is 0 Å². The highest BCUT2D eigenvalue weighted by atomic mass is 35.5. The highest BCUT2D eigenvalue weighted by molar-refractivity contribution is 6.32. The fourth-order valence-corrected chi connectivity index (χ4v) is 2.04. The molecule has 0 heterocycles. The van der Waals surface area contributed by atoms with E-state index in [0.29, 0.717) is 23.8 Å². The van der Waals surface area contributed by atoms with Crippen molar-refractivity contribution in [1.29, 1.82) is 5.26 Å². The Hall–Kier alpha value is -1.24. The van der Waals surface area contributed by atoms with Crippen LogP contribution in [0.5, 0.6) is 5.75 Å². The normalized spacial score (nSPS) is 12.8. The van der Waals surface area contributed by atoms with Crippen molar-refractivity contribution < 1.29 is 4.74 Å². The lowest BCUT2D eigenvalue weighted by Crippen LogP contribution is -2.17. The summed E-state index contributed by atoms with van der Waals surface area (Å²) in [6.45, 7) is 9.39. The van der Waals surface area contributed by atoms with Gasteiger partial charge in [-0.2, -0.15) is 5.26 Å². The largest absolute Gasteiger partial charge is 0.492 e. The number of nitriles is 1. The minimum absolute atomic E-state index is 0.268. The van der Waals surface area contributed by atoms with Gasteiger partial charge in [-0.25, -0.2) is 0 Å². The molecule has 4 heteroatoms. The molecular formula is C16H23ClN2O. The number of nitrogens with zero attached hydrogens (tertiary/aromatic N) is 1. The maximum Gasteiger partial charge on any atom is 0.137 e. The Bertz CT molecular complexity index is 480.